The second kappa shape index (κ2) is 4.51. The fraction of sp³-hybridized carbons (Fsp3) is 0.652. The first kappa shape index (κ1) is 15.7. The van der Waals surface area contributed by atoms with Gasteiger partial charge in [0.15, 0.2) is 0 Å². The van der Waals surface area contributed by atoms with Crippen LogP contribution in [0.25, 0.3) is 6.08 Å². The summed E-state index contributed by atoms with van der Waals surface area (Å²) < 4.78 is 24.1. The smallest absolute Gasteiger partial charge is 0.122 e. The van der Waals surface area contributed by atoms with Gasteiger partial charge in [0.2, 0.25) is 0 Å². The lowest BCUT2D eigenvalue weighted by atomic mass is 9.39. The Bertz CT molecular complexity index is 880. The molecule has 27 heavy (non-hydrogen) atoms. The van der Waals surface area contributed by atoms with Gasteiger partial charge in [-0.1, -0.05) is 44.2 Å². The molecule has 0 aromatic heterocycles. The summed E-state index contributed by atoms with van der Waals surface area (Å²) in [6.07, 6.45) is 6.68. The summed E-state index contributed by atoms with van der Waals surface area (Å²) in [5.41, 5.74) is 3.84. The third-order valence-electron chi connectivity index (χ3n) is 8.61. The van der Waals surface area contributed by atoms with Gasteiger partial charge in [0, 0.05) is 11.3 Å². The molecule has 142 valence electrons. The molecular weight excluding hydrogens is 340 g/mol. The van der Waals surface area contributed by atoms with E-state index in [9.17, 15) is 0 Å². The molecule has 0 spiro atoms. The second-order valence-corrected chi connectivity index (χ2v) is 10.1. The first-order chi connectivity index (χ1) is 12.9. The Balaban J connectivity index is 1.24. The van der Waals surface area contributed by atoms with Gasteiger partial charge in [0.1, 0.15) is 29.5 Å². The molecular formula is C23H26O4. The molecule has 3 heterocycles. The second-order valence-electron chi connectivity index (χ2n) is 10.1. The maximum Gasteiger partial charge on any atom is 0.122 e. The Morgan fingerprint density at radius 2 is 2.07 bits per heavy atom. The van der Waals surface area contributed by atoms with Crippen LogP contribution in [0, 0.1) is 11.3 Å². The third-order valence-corrected chi connectivity index (χ3v) is 8.61. The van der Waals surface area contributed by atoms with Crippen molar-refractivity contribution in [2.45, 2.75) is 68.7 Å². The Kier molecular flexibility index (Phi) is 2.62. The van der Waals surface area contributed by atoms with Crippen LogP contribution in [0.2, 0.25) is 0 Å². The van der Waals surface area contributed by atoms with Crippen LogP contribution in [0.4, 0.5) is 0 Å². The SMILES string of the molecule is CC1(C)C2CC1(OCC1CO1)C1(C)OC1C2c1ccc2c(c1)C=CC1OC21. The molecule has 3 aliphatic heterocycles. The lowest BCUT2D eigenvalue weighted by molar-refractivity contribution is -0.273. The molecule has 7 aliphatic rings. The van der Waals surface area contributed by atoms with Gasteiger partial charge in [-0.2, -0.15) is 0 Å². The average Bonchev–Trinajstić information content (AvgIpc) is 3.49. The van der Waals surface area contributed by atoms with E-state index in [2.05, 4.69) is 51.1 Å². The quantitative estimate of drug-likeness (QED) is 0.764. The van der Waals surface area contributed by atoms with E-state index in [1.807, 2.05) is 0 Å². The minimum absolute atomic E-state index is 0.102. The van der Waals surface area contributed by atoms with Crippen molar-refractivity contribution in [1.82, 2.24) is 0 Å². The topological polar surface area (TPSA) is 46.8 Å². The summed E-state index contributed by atoms with van der Waals surface area (Å²) in [7, 11) is 0. The molecule has 0 radical (unpaired) electrons. The summed E-state index contributed by atoms with van der Waals surface area (Å²) in [6, 6.07) is 6.99. The van der Waals surface area contributed by atoms with E-state index in [-0.39, 0.29) is 22.7 Å². The number of hydrogen-bond donors (Lipinski definition) is 0. The van der Waals surface area contributed by atoms with Crippen molar-refractivity contribution < 1.29 is 18.9 Å². The molecule has 3 saturated carbocycles. The highest BCUT2D eigenvalue weighted by atomic mass is 16.7. The van der Waals surface area contributed by atoms with Gasteiger partial charge in [0.25, 0.3) is 0 Å². The van der Waals surface area contributed by atoms with Gasteiger partial charge < -0.3 is 18.9 Å². The molecule has 2 bridgehead atoms. The van der Waals surface area contributed by atoms with E-state index in [1.54, 1.807) is 0 Å². The molecule has 3 saturated heterocycles. The number of benzene rings is 1. The minimum Gasteiger partial charge on any atom is -0.371 e. The molecule has 0 amide bonds. The molecule has 4 nitrogen and oxygen atoms in total. The zero-order valence-electron chi connectivity index (χ0n) is 16.1. The van der Waals surface area contributed by atoms with Crippen molar-refractivity contribution >= 4 is 6.08 Å². The fourth-order valence-electron chi connectivity index (χ4n) is 6.71. The zero-order chi connectivity index (χ0) is 18.2. The van der Waals surface area contributed by atoms with E-state index in [1.165, 1.54) is 16.7 Å². The molecule has 0 N–H and O–H groups in total. The Labute approximate surface area is 159 Å². The van der Waals surface area contributed by atoms with Crippen LogP contribution < -0.4 is 0 Å². The lowest BCUT2D eigenvalue weighted by Crippen LogP contribution is -2.74. The summed E-state index contributed by atoms with van der Waals surface area (Å²) in [6.45, 7) is 8.59. The van der Waals surface area contributed by atoms with Crippen LogP contribution in [0.5, 0.6) is 0 Å². The zero-order valence-corrected chi connectivity index (χ0v) is 16.1. The highest BCUT2D eigenvalue weighted by Crippen LogP contribution is 2.77. The highest BCUT2D eigenvalue weighted by Gasteiger charge is 2.85. The van der Waals surface area contributed by atoms with Crippen molar-refractivity contribution in [2.24, 2.45) is 11.3 Å². The average molecular weight is 366 g/mol. The number of hydrogen-bond acceptors (Lipinski definition) is 4. The van der Waals surface area contributed by atoms with E-state index in [4.69, 9.17) is 18.9 Å². The molecule has 4 heteroatoms. The molecule has 8 unspecified atom stereocenters. The summed E-state index contributed by atoms with van der Waals surface area (Å²) in [5, 5.41) is 0. The minimum atomic E-state index is -0.179. The Hall–Kier alpha value is -1.20. The largest absolute Gasteiger partial charge is 0.371 e. The van der Waals surface area contributed by atoms with Crippen molar-refractivity contribution in [2.75, 3.05) is 13.2 Å². The summed E-state index contributed by atoms with van der Waals surface area (Å²) in [4.78, 5) is 0. The Morgan fingerprint density at radius 1 is 1.22 bits per heavy atom. The van der Waals surface area contributed by atoms with Crippen LogP contribution >= 0.6 is 0 Å². The number of fused-ring (bicyclic) bond motifs is 3. The van der Waals surface area contributed by atoms with Crippen molar-refractivity contribution in [3.63, 3.8) is 0 Å². The highest BCUT2D eigenvalue weighted by molar-refractivity contribution is 5.62. The van der Waals surface area contributed by atoms with Crippen LogP contribution in [-0.4, -0.2) is 42.7 Å². The number of epoxide rings is 3. The first-order valence-corrected chi connectivity index (χ1v) is 10.4. The number of ether oxygens (including phenoxy) is 4. The van der Waals surface area contributed by atoms with Gasteiger partial charge >= 0.3 is 0 Å². The van der Waals surface area contributed by atoms with Crippen molar-refractivity contribution in [3.8, 4) is 0 Å². The molecule has 4 aliphatic carbocycles. The maximum atomic E-state index is 6.55. The third kappa shape index (κ3) is 1.75. The van der Waals surface area contributed by atoms with E-state index >= 15 is 0 Å². The maximum absolute atomic E-state index is 6.55. The predicted octanol–water partition coefficient (Wildman–Crippen LogP) is 3.61. The van der Waals surface area contributed by atoms with Crippen LogP contribution in [-0.2, 0) is 18.9 Å². The van der Waals surface area contributed by atoms with Crippen LogP contribution in [0.1, 0.15) is 55.9 Å². The van der Waals surface area contributed by atoms with Crippen molar-refractivity contribution in [1.29, 1.82) is 0 Å². The summed E-state index contributed by atoms with van der Waals surface area (Å²) >= 11 is 0. The van der Waals surface area contributed by atoms with Gasteiger partial charge in [-0.3, -0.25) is 0 Å². The van der Waals surface area contributed by atoms with Gasteiger partial charge in [-0.25, -0.2) is 0 Å². The molecule has 6 fully saturated rings. The predicted molar refractivity (Wildman–Crippen MR) is 99.4 cm³/mol. The molecule has 1 aromatic carbocycles. The van der Waals surface area contributed by atoms with Gasteiger partial charge in [-0.05, 0) is 36.0 Å². The standard InChI is InChI=1S/C23H26O4/c1-21(2)16-9-23(21,25-11-14-10-24-14)22(3)20(27-22)18(16)13-4-6-15-12(8-13)5-7-17-19(15)26-17/h4-8,14,16-20H,9-11H2,1-3H3. The van der Waals surface area contributed by atoms with E-state index < -0.39 is 0 Å². The van der Waals surface area contributed by atoms with E-state index in [0.717, 1.165) is 13.0 Å². The first-order valence-electron chi connectivity index (χ1n) is 10.4. The Morgan fingerprint density at radius 3 is 2.85 bits per heavy atom. The fourth-order valence-corrected chi connectivity index (χ4v) is 6.71. The van der Waals surface area contributed by atoms with Gasteiger partial charge in [-0.15, -0.1) is 0 Å². The lowest BCUT2D eigenvalue weighted by Gasteiger charge is -2.68. The molecule has 1 aromatic rings. The normalized spacial score (nSPS) is 51.5. The molecule has 8 rings (SSSR count). The van der Waals surface area contributed by atoms with Crippen molar-refractivity contribution in [3.05, 3.63) is 41.0 Å². The van der Waals surface area contributed by atoms with E-state index in [0.29, 0.717) is 36.8 Å². The van der Waals surface area contributed by atoms with Gasteiger partial charge in [0.05, 0.1) is 19.3 Å². The number of rotatable bonds is 4. The monoisotopic (exact) mass is 366 g/mol. The van der Waals surface area contributed by atoms with Crippen LogP contribution in [0.15, 0.2) is 24.3 Å². The summed E-state index contributed by atoms with van der Waals surface area (Å²) in [5.74, 6) is 1.04. The van der Waals surface area contributed by atoms with Crippen LogP contribution in [0.3, 0.4) is 0 Å². The molecule has 8 atom stereocenters.